The van der Waals surface area contributed by atoms with Crippen LogP contribution in [-0.4, -0.2) is 33.5 Å². The van der Waals surface area contributed by atoms with Crippen molar-refractivity contribution in [1.82, 2.24) is 9.55 Å². The number of imidazole rings is 1. The van der Waals surface area contributed by atoms with Gasteiger partial charge in [-0.1, -0.05) is 11.6 Å². The van der Waals surface area contributed by atoms with Crippen LogP contribution in [0.4, 0.5) is 4.39 Å². The van der Waals surface area contributed by atoms with Gasteiger partial charge in [-0.25, -0.2) is 9.37 Å². The van der Waals surface area contributed by atoms with Gasteiger partial charge in [0.05, 0.1) is 37.1 Å². The van der Waals surface area contributed by atoms with Crippen molar-refractivity contribution in [2.45, 2.75) is 12.1 Å². The van der Waals surface area contributed by atoms with E-state index in [1.165, 1.54) is 12.1 Å². The van der Waals surface area contributed by atoms with Gasteiger partial charge in [0.1, 0.15) is 11.4 Å². The van der Waals surface area contributed by atoms with Gasteiger partial charge in [-0.3, -0.25) is 0 Å². The molecule has 0 bridgehead atoms. The maximum atomic E-state index is 13.9. The Bertz CT molecular complexity index is 908. The number of hydrogen-bond donors (Lipinski definition) is 1. The zero-order valence-corrected chi connectivity index (χ0v) is 13.3. The van der Waals surface area contributed by atoms with Gasteiger partial charge in [0.2, 0.25) is 0 Å². The Kier molecular flexibility index (Phi) is 3.68. The molecule has 5 nitrogen and oxygen atoms in total. The van der Waals surface area contributed by atoms with Crippen molar-refractivity contribution in [1.29, 1.82) is 0 Å². The Morgan fingerprint density at radius 2 is 2.12 bits per heavy atom. The van der Waals surface area contributed by atoms with E-state index in [0.717, 1.165) is 11.0 Å². The van der Waals surface area contributed by atoms with E-state index in [4.69, 9.17) is 21.1 Å². The molecule has 2 aromatic carbocycles. The molecule has 7 heteroatoms. The molecule has 1 saturated heterocycles. The normalized spacial score (nSPS) is 16.1. The highest BCUT2D eigenvalue weighted by Gasteiger charge is 2.36. The van der Waals surface area contributed by atoms with Crippen LogP contribution < -0.4 is 4.74 Å². The van der Waals surface area contributed by atoms with E-state index < -0.39 is 11.4 Å². The van der Waals surface area contributed by atoms with E-state index in [0.29, 0.717) is 30.5 Å². The fraction of sp³-hybridized carbons (Fsp3) is 0.235. The summed E-state index contributed by atoms with van der Waals surface area (Å²) in [7, 11) is 0. The zero-order chi connectivity index (χ0) is 16.7. The third kappa shape index (κ3) is 2.84. The average Bonchev–Trinajstić information content (AvgIpc) is 2.91. The largest absolute Gasteiger partial charge is 0.454 e. The van der Waals surface area contributed by atoms with Crippen LogP contribution in [0.2, 0.25) is 5.02 Å². The molecule has 0 radical (unpaired) electrons. The van der Waals surface area contributed by atoms with Crippen LogP contribution in [0.25, 0.3) is 11.0 Å². The van der Waals surface area contributed by atoms with Crippen LogP contribution in [0.3, 0.4) is 0 Å². The minimum absolute atomic E-state index is 0.0934. The number of hydrogen-bond acceptors (Lipinski definition) is 4. The second-order valence-corrected chi connectivity index (χ2v) is 6.35. The van der Waals surface area contributed by atoms with Crippen LogP contribution in [0, 0.1) is 5.82 Å². The lowest BCUT2D eigenvalue weighted by atomic mass is 10.0. The summed E-state index contributed by atoms with van der Waals surface area (Å²) >= 11 is 5.74. The molecule has 0 aliphatic carbocycles. The SMILES string of the molecule is OC1(Cn2cnc3ccc(Oc4ccc(Cl)cc4F)cc32)COC1. The quantitative estimate of drug-likeness (QED) is 0.785. The molecule has 24 heavy (non-hydrogen) atoms. The summed E-state index contributed by atoms with van der Waals surface area (Å²) in [6.45, 7) is 0.986. The first kappa shape index (κ1) is 15.4. The molecule has 0 unspecified atom stereocenters. The Balaban J connectivity index is 1.64. The van der Waals surface area contributed by atoms with Gasteiger partial charge in [-0.05, 0) is 30.3 Å². The van der Waals surface area contributed by atoms with Crippen molar-refractivity contribution in [3.05, 3.63) is 53.6 Å². The summed E-state index contributed by atoms with van der Waals surface area (Å²) in [6, 6.07) is 9.51. The lowest BCUT2D eigenvalue weighted by molar-refractivity contribution is -0.184. The summed E-state index contributed by atoms with van der Waals surface area (Å²) in [5.74, 6) is 0.0372. The number of aromatic nitrogens is 2. The lowest BCUT2D eigenvalue weighted by Crippen LogP contribution is -2.52. The van der Waals surface area contributed by atoms with Gasteiger partial charge in [0.15, 0.2) is 11.6 Å². The Morgan fingerprint density at radius 3 is 2.83 bits per heavy atom. The first-order chi connectivity index (χ1) is 11.5. The van der Waals surface area contributed by atoms with E-state index in [-0.39, 0.29) is 5.75 Å². The highest BCUT2D eigenvalue weighted by atomic mass is 35.5. The predicted molar refractivity (Wildman–Crippen MR) is 87.0 cm³/mol. The smallest absolute Gasteiger partial charge is 0.167 e. The molecule has 0 saturated carbocycles. The van der Waals surface area contributed by atoms with Crippen molar-refractivity contribution in [3.63, 3.8) is 0 Å². The van der Waals surface area contributed by atoms with Gasteiger partial charge < -0.3 is 19.1 Å². The topological polar surface area (TPSA) is 56.5 Å². The van der Waals surface area contributed by atoms with Crippen LogP contribution in [-0.2, 0) is 11.3 Å². The van der Waals surface area contributed by atoms with E-state index in [9.17, 15) is 9.50 Å². The highest BCUT2D eigenvalue weighted by Crippen LogP contribution is 2.29. The molecule has 1 aromatic heterocycles. The fourth-order valence-corrected chi connectivity index (χ4v) is 2.82. The maximum absolute atomic E-state index is 13.9. The molecule has 1 N–H and O–H groups in total. The second kappa shape index (κ2) is 5.73. The molecule has 1 aliphatic heterocycles. The number of halogens is 2. The van der Waals surface area contributed by atoms with Gasteiger partial charge in [0.25, 0.3) is 0 Å². The minimum Gasteiger partial charge on any atom is -0.454 e. The van der Waals surface area contributed by atoms with Crippen molar-refractivity contribution in [3.8, 4) is 11.5 Å². The van der Waals surface area contributed by atoms with Crippen molar-refractivity contribution < 1.29 is 19.0 Å². The molecule has 2 heterocycles. The maximum Gasteiger partial charge on any atom is 0.167 e. The summed E-state index contributed by atoms with van der Waals surface area (Å²) < 4.78 is 26.4. The second-order valence-electron chi connectivity index (χ2n) is 5.92. The Hall–Kier alpha value is -2.15. The highest BCUT2D eigenvalue weighted by molar-refractivity contribution is 6.30. The molecule has 0 spiro atoms. The third-order valence-electron chi connectivity index (χ3n) is 3.92. The minimum atomic E-state index is -0.868. The van der Waals surface area contributed by atoms with Crippen molar-refractivity contribution >= 4 is 22.6 Å². The molecular weight excluding hydrogens is 335 g/mol. The number of ether oxygens (including phenoxy) is 2. The zero-order valence-electron chi connectivity index (χ0n) is 12.6. The molecule has 4 rings (SSSR count). The molecule has 0 amide bonds. The number of rotatable bonds is 4. The average molecular weight is 349 g/mol. The Labute approximate surface area is 142 Å². The van der Waals surface area contributed by atoms with Crippen LogP contribution >= 0.6 is 11.6 Å². The monoisotopic (exact) mass is 348 g/mol. The summed E-state index contributed by atoms with van der Waals surface area (Å²) in [5.41, 5.74) is 0.692. The van der Waals surface area contributed by atoms with E-state index >= 15 is 0 Å². The van der Waals surface area contributed by atoms with Gasteiger partial charge in [-0.15, -0.1) is 0 Å². The predicted octanol–water partition coefficient (Wildman–Crippen LogP) is 3.38. The van der Waals surface area contributed by atoms with E-state index in [1.807, 2.05) is 4.57 Å². The number of benzene rings is 2. The Morgan fingerprint density at radius 1 is 1.29 bits per heavy atom. The van der Waals surface area contributed by atoms with Crippen molar-refractivity contribution in [2.75, 3.05) is 13.2 Å². The molecule has 1 fully saturated rings. The number of fused-ring (bicyclic) bond motifs is 1. The number of nitrogens with zero attached hydrogens (tertiary/aromatic N) is 2. The van der Waals surface area contributed by atoms with Crippen LogP contribution in [0.15, 0.2) is 42.7 Å². The van der Waals surface area contributed by atoms with Gasteiger partial charge in [-0.2, -0.15) is 0 Å². The van der Waals surface area contributed by atoms with Crippen LogP contribution in [0.5, 0.6) is 11.5 Å². The van der Waals surface area contributed by atoms with Crippen molar-refractivity contribution in [2.24, 2.45) is 0 Å². The van der Waals surface area contributed by atoms with Gasteiger partial charge >= 0.3 is 0 Å². The molecule has 1 aliphatic rings. The number of aliphatic hydroxyl groups is 1. The summed E-state index contributed by atoms with van der Waals surface area (Å²) in [4.78, 5) is 4.30. The summed E-state index contributed by atoms with van der Waals surface area (Å²) in [6.07, 6.45) is 1.66. The van der Waals surface area contributed by atoms with E-state index in [2.05, 4.69) is 4.98 Å². The lowest BCUT2D eigenvalue weighted by Gasteiger charge is -2.36. The summed E-state index contributed by atoms with van der Waals surface area (Å²) in [5, 5.41) is 10.6. The third-order valence-corrected chi connectivity index (χ3v) is 4.16. The molecule has 124 valence electrons. The van der Waals surface area contributed by atoms with Gasteiger partial charge in [0, 0.05) is 11.1 Å². The molecule has 3 aromatic rings. The van der Waals surface area contributed by atoms with E-state index in [1.54, 1.807) is 30.6 Å². The fourth-order valence-electron chi connectivity index (χ4n) is 2.66. The standard InChI is InChI=1S/C17H14ClFN2O3/c18-11-1-4-16(13(19)5-11)24-12-2-3-14-15(6-12)21(10-20-14)7-17(22)8-23-9-17/h1-6,10,22H,7-9H2. The first-order valence-electron chi connectivity index (χ1n) is 7.40. The molecular formula is C17H14ClFN2O3. The first-order valence-corrected chi connectivity index (χ1v) is 7.78. The molecule has 0 atom stereocenters. The van der Waals surface area contributed by atoms with Crippen LogP contribution in [0.1, 0.15) is 0 Å².